The van der Waals surface area contributed by atoms with Gasteiger partial charge in [0.1, 0.15) is 17.7 Å². The maximum Gasteiger partial charge on any atom is 0.161 e. The first-order valence-corrected chi connectivity index (χ1v) is 5.49. The van der Waals surface area contributed by atoms with Crippen molar-refractivity contribution >= 4 is 0 Å². The number of ether oxygens (including phenoxy) is 1. The van der Waals surface area contributed by atoms with Gasteiger partial charge in [-0.25, -0.2) is 13.2 Å². The zero-order valence-electron chi connectivity index (χ0n) is 10.0. The van der Waals surface area contributed by atoms with Crippen molar-refractivity contribution in [2.24, 2.45) is 0 Å². The summed E-state index contributed by atoms with van der Waals surface area (Å²) in [5, 5.41) is 9.98. The van der Waals surface area contributed by atoms with Crippen LogP contribution in [0, 0.1) is 17.5 Å². The molecule has 0 fully saturated rings. The van der Waals surface area contributed by atoms with Gasteiger partial charge in [0.2, 0.25) is 0 Å². The van der Waals surface area contributed by atoms with E-state index in [1.54, 1.807) is 12.1 Å². The van der Waals surface area contributed by atoms with Gasteiger partial charge in [-0.3, -0.25) is 0 Å². The molecule has 0 radical (unpaired) electrons. The summed E-state index contributed by atoms with van der Waals surface area (Å²) in [4.78, 5) is 0. The zero-order chi connectivity index (χ0) is 14.0. The van der Waals surface area contributed by atoms with Gasteiger partial charge in [-0.15, -0.1) is 0 Å². The smallest absolute Gasteiger partial charge is 0.161 e. The third-order valence-electron chi connectivity index (χ3n) is 2.77. The molecule has 0 spiro atoms. The molecule has 2 aromatic rings. The number of benzene rings is 2. The Labute approximate surface area is 108 Å². The summed E-state index contributed by atoms with van der Waals surface area (Å²) in [6, 6.07) is 7.26. The Morgan fingerprint density at radius 3 is 2.11 bits per heavy atom. The van der Waals surface area contributed by atoms with Crippen LogP contribution in [-0.4, -0.2) is 12.2 Å². The lowest BCUT2D eigenvalue weighted by Gasteiger charge is -2.13. The van der Waals surface area contributed by atoms with Crippen LogP contribution in [-0.2, 0) is 0 Å². The van der Waals surface area contributed by atoms with Crippen LogP contribution in [0.3, 0.4) is 0 Å². The molecule has 0 aliphatic rings. The molecule has 0 heterocycles. The fourth-order valence-corrected chi connectivity index (χ4v) is 1.71. The molecule has 5 heteroatoms. The third-order valence-corrected chi connectivity index (χ3v) is 2.77. The van der Waals surface area contributed by atoms with E-state index in [2.05, 4.69) is 0 Å². The first-order valence-electron chi connectivity index (χ1n) is 5.49. The van der Waals surface area contributed by atoms with E-state index in [1.165, 1.54) is 19.2 Å². The molecule has 0 aliphatic heterocycles. The monoisotopic (exact) mass is 268 g/mol. The van der Waals surface area contributed by atoms with Gasteiger partial charge in [0, 0.05) is 11.6 Å². The van der Waals surface area contributed by atoms with Crippen molar-refractivity contribution in [1.82, 2.24) is 0 Å². The van der Waals surface area contributed by atoms with Gasteiger partial charge >= 0.3 is 0 Å². The van der Waals surface area contributed by atoms with Crippen LogP contribution in [0.1, 0.15) is 17.2 Å². The number of hydrogen-bond acceptors (Lipinski definition) is 2. The molecule has 2 aromatic carbocycles. The molecule has 0 amide bonds. The van der Waals surface area contributed by atoms with Crippen molar-refractivity contribution in [3.05, 3.63) is 65.0 Å². The van der Waals surface area contributed by atoms with E-state index in [0.29, 0.717) is 23.4 Å². The van der Waals surface area contributed by atoms with Crippen molar-refractivity contribution in [3.63, 3.8) is 0 Å². The van der Waals surface area contributed by atoms with Gasteiger partial charge in [-0.1, -0.05) is 12.1 Å². The fourth-order valence-electron chi connectivity index (χ4n) is 1.71. The summed E-state index contributed by atoms with van der Waals surface area (Å²) in [5.74, 6) is -2.92. The number of hydrogen-bond donors (Lipinski definition) is 1. The average Bonchev–Trinajstić information content (AvgIpc) is 2.42. The van der Waals surface area contributed by atoms with Gasteiger partial charge in [0.25, 0.3) is 0 Å². The second-order valence-corrected chi connectivity index (χ2v) is 3.96. The number of aliphatic hydroxyl groups excluding tert-OH is 1. The van der Waals surface area contributed by atoms with E-state index < -0.39 is 23.6 Å². The first-order chi connectivity index (χ1) is 9.02. The van der Waals surface area contributed by atoms with Crippen LogP contribution >= 0.6 is 0 Å². The van der Waals surface area contributed by atoms with Crippen molar-refractivity contribution in [1.29, 1.82) is 0 Å². The molecule has 1 atom stereocenters. The van der Waals surface area contributed by atoms with Crippen LogP contribution in [0.25, 0.3) is 0 Å². The highest BCUT2D eigenvalue weighted by molar-refractivity contribution is 5.35. The lowest BCUT2D eigenvalue weighted by molar-refractivity contribution is 0.213. The molecule has 100 valence electrons. The van der Waals surface area contributed by atoms with Gasteiger partial charge in [-0.05, 0) is 23.8 Å². The Balaban J connectivity index is 2.37. The molecule has 0 saturated carbocycles. The molecule has 0 aliphatic carbocycles. The number of halogens is 3. The minimum Gasteiger partial charge on any atom is -0.497 e. The molecule has 0 aromatic heterocycles. The summed E-state index contributed by atoms with van der Waals surface area (Å²) in [6.45, 7) is 0. The molecule has 1 unspecified atom stereocenters. The highest BCUT2D eigenvalue weighted by atomic mass is 19.2. The Kier molecular flexibility index (Phi) is 3.76. The van der Waals surface area contributed by atoms with Gasteiger partial charge < -0.3 is 9.84 Å². The molecular formula is C14H11F3O2. The number of rotatable bonds is 3. The van der Waals surface area contributed by atoms with E-state index in [1.807, 2.05) is 0 Å². The maximum absolute atomic E-state index is 13.5. The number of methoxy groups -OCH3 is 1. The summed E-state index contributed by atoms with van der Waals surface area (Å²) in [5.41, 5.74) is 0.0368. The largest absolute Gasteiger partial charge is 0.497 e. The Bertz CT molecular complexity index is 582. The maximum atomic E-state index is 13.5. The van der Waals surface area contributed by atoms with Crippen molar-refractivity contribution in [2.75, 3.05) is 7.11 Å². The normalized spacial score (nSPS) is 12.3. The highest BCUT2D eigenvalue weighted by Crippen LogP contribution is 2.27. The minimum atomic E-state index is -1.37. The molecule has 1 N–H and O–H groups in total. The summed E-state index contributed by atoms with van der Waals surface area (Å²) >= 11 is 0. The van der Waals surface area contributed by atoms with Crippen LogP contribution in [0.15, 0.2) is 36.4 Å². The number of aliphatic hydroxyl groups is 1. The Morgan fingerprint density at radius 2 is 1.53 bits per heavy atom. The summed E-state index contributed by atoms with van der Waals surface area (Å²) < 4.78 is 44.4. The molecule has 19 heavy (non-hydrogen) atoms. The van der Waals surface area contributed by atoms with Gasteiger partial charge in [0.05, 0.1) is 7.11 Å². The second-order valence-electron chi connectivity index (χ2n) is 3.96. The molecule has 2 nitrogen and oxygen atoms in total. The minimum absolute atomic E-state index is 0.316. The second kappa shape index (κ2) is 5.32. The quantitative estimate of drug-likeness (QED) is 0.866. The van der Waals surface area contributed by atoms with Crippen molar-refractivity contribution < 1.29 is 23.0 Å². The van der Waals surface area contributed by atoms with Crippen LogP contribution < -0.4 is 4.74 Å². The SMILES string of the molecule is COc1ccc(C(O)c2cc(F)c(F)cc2F)cc1. The zero-order valence-corrected chi connectivity index (χ0v) is 10.0. The van der Waals surface area contributed by atoms with E-state index >= 15 is 0 Å². The lowest BCUT2D eigenvalue weighted by Crippen LogP contribution is -2.04. The molecule has 2 rings (SSSR count). The van der Waals surface area contributed by atoms with E-state index in [4.69, 9.17) is 4.74 Å². The predicted molar refractivity (Wildman–Crippen MR) is 63.4 cm³/mol. The summed E-state index contributed by atoms with van der Waals surface area (Å²) in [7, 11) is 1.49. The topological polar surface area (TPSA) is 29.5 Å². The Morgan fingerprint density at radius 1 is 0.947 bits per heavy atom. The van der Waals surface area contributed by atoms with E-state index in [0.717, 1.165) is 0 Å². The molecule has 0 saturated heterocycles. The average molecular weight is 268 g/mol. The predicted octanol–water partition coefficient (Wildman–Crippen LogP) is 3.19. The highest BCUT2D eigenvalue weighted by Gasteiger charge is 2.18. The van der Waals surface area contributed by atoms with Crippen LogP contribution in [0.5, 0.6) is 5.75 Å². The standard InChI is InChI=1S/C14H11F3O2/c1-19-9-4-2-8(3-5-9)14(18)10-6-12(16)13(17)7-11(10)15/h2-7,14,18H,1H3. The summed E-state index contributed by atoms with van der Waals surface area (Å²) in [6.07, 6.45) is -1.37. The van der Waals surface area contributed by atoms with Crippen LogP contribution in [0.4, 0.5) is 13.2 Å². The van der Waals surface area contributed by atoms with Gasteiger partial charge in [0.15, 0.2) is 11.6 Å². The van der Waals surface area contributed by atoms with Crippen LogP contribution in [0.2, 0.25) is 0 Å². The first kappa shape index (κ1) is 13.4. The van der Waals surface area contributed by atoms with Crippen molar-refractivity contribution in [3.8, 4) is 5.75 Å². The van der Waals surface area contributed by atoms with Gasteiger partial charge in [-0.2, -0.15) is 0 Å². The van der Waals surface area contributed by atoms with Crippen molar-refractivity contribution in [2.45, 2.75) is 6.10 Å². The third kappa shape index (κ3) is 2.71. The van der Waals surface area contributed by atoms with E-state index in [9.17, 15) is 18.3 Å². The Hall–Kier alpha value is -2.01. The molecule has 0 bridgehead atoms. The van der Waals surface area contributed by atoms with E-state index in [-0.39, 0.29) is 5.56 Å². The fraction of sp³-hybridized carbons (Fsp3) is 0.143. The lowest BCUT2D eigenvalue weighted by atomic mass is 10.0. The molecular weight excluding hydrogens is 257 g/mol.